The van der Waals surface area contributed by atoms with Crippen molar-refractivity contribution in [2.75, 3.05) is 7.11 Å². The lowest BCUT2D eigenvalue weighted by Gasteiger charge is -2.18. The van der Waals surface area contributed by atoms with Crippen molar-refractivity contribution in [3.8, 4) is 5.75 Å². The largest absolute Gasteiger partial charge is 0.497 e. The van der Waals surface area contributed by atoms with Crippen LogP contribution in [0.3, 0.4) is 0 Å². The number of carbonyl (C=O) groups is 1. The molecule has 1 aromatic heterocycles. The van der Waals surface area contributed by atoms with Gasteiger partial charge in [0.1, 0.15) is 5.75 Å². The van der Waals surface area contributed by atoms with E-state index in [4.69, 9.17) is 16.3 Å². The molecule has 0 unspecified atom stereocenters. The second kappa shape index (κ2) is 9.23. The molecule has 5 nitrogen and oxygen atoms in total. The smallest absolute Gasteiger partial charge is 0.251 e. The molecular formula is C25H24ClN3O2. The number of carbonyl (C=O) groups excluding carboxylic acids is 1. The van der Waals surface area contributed by atoms with E-state index in [-0.39, 0.29) is 11.9 Å². The number of nitrogens with one attached hydrogen (secondary N) is 1. The summed E-state index contributed by atoms with van der Waals surface area (Å²) in [6.07, 6.45) is 2.61. The molecule has 1 amide bonds. The van der Waals surface area contributed by atoms with Gasteiger partial charge in [0.05, 0.1) is 31.4 Å². The minimum absolute atomic E-state index is 0.0759. The molecule has 0 saturated heterocycles. The van der Waals surface area contributed by atoms with Gasteiger partial charge in [-0.1, -0.05) is 48.9 Å². The van der Waals surface area contributed by atoms with Crippen molar-refractivity contribution in [3.63, 3.8) is 0 Å². The quantitative estimate of drug-likeness (QED) is 0.411. The lowest BCUT2D eigenvalue weighted by atomic mass is 10.0. The number of hydrogen-bond donors (Lipinski definition) is 1. The van der Waals surface area contributed by atoms with E-state index in [0.717, 1.165) is 34.2 Å². The maximum absolute atomic E-state index is 13.0. The molecule has 1 heterocycles. The first-order valence-corrected chi connectivity index (χ1v) is 10.6. The van der Waals surface area contributed by atoms with Gasteiger partial charge in [-0.25, -0.2) is 0 Å². The predicted octanol–water partition coefficient (Wildman–Crippen LogP) is 5.63. The Kier molecular flexibility index (Phi) is 6.23. The summed E-state index contributed by atoms with van der Waals surface area (Å²) < 4.78 is 7.12. The molecule has 0 fully saturated rings. The van der Waals surface area contributed by atoms with Crippen LogP contribution in [-0.2, 0) is 6.54 Å². The van der Waals surface area contributed by atoms with E-state index < -0.39 is 0 Å². The Morgan fingerprint density at radius 2 is 1.84 bits per heavy atom. The SMILES string of the molecule is CC[C@@H](NC(=O)c1ccc2cnn(Cc3ccc(Cl)cc3)c2c1)c1ccc(OC)cc1. The fraction of sp³-hybridized carbons (Fsp3) is 0.200. The standard InChI is InChI=1S/C25H24ClN3O2/c1-3-23(18-8-12-22(31-2)13-9-18)28-25(30)19-6-7-20-15-27-29(24(20)14-19)16-17-4-10-21(26)11-5-17/h4-15,23H,3,16H2,1-2H3,(H,28,30)/t23-/m1/s1. The molecule has 0 aliphatic carbocycles. The number of ether oxygens (including phenoxy) is 1. The zero-order valence-corrected chi connectivity index (χ0v) is 18.3. The summed E-state index contributed by atoms with van der Waals surface area (Å²) in [6, 6.07) is 21.1. The van der Waals surface area contributed by atoms with Crippen molar-refractivity contribution in [3.05, 3.63) is 94.6 Å². The monoisotopic (exact) mass is 433 g/mol. The molecular weight excluding hydrogens is 410 g/mol. The topological polar surface area (TPSA) is 56.2 Å². The molecule has 1 N–H and O–H groups in total. The molecule has 0 spiro atoms. The summed E-state index contributed by atoms with van der Waals surface area (Å²) in [4.78, 5) is 13.0. The number of fused-ring (bicyclic) bond motifs is 1. The molecule has 31 heavy (non-hydrogen) atoms. The minimum Gasteiger partial charge on any atom is -0.497 e. The normalized spacial score (nSPS) is 12.0. The summed E-state index contributed by atoms with van der Waals surface area (Å²) in [5.74, 6) is 0.688. The first-order chi connectivity index (χ1) is 15.1. The lowest BCUT2D eigenvalue weighted by molar-refractivity contribution is 0.0935. The molecule has 3 aromatic carbocycles. The van der Waals surface area contributed by atoms with Gasteiger partial charge in [0.2, 0.25) is 0 Å². The Morgan fingerprint density at radius 3 is 2.52 bits per heavy atom. The van der Waals surface area contributed by atoms with Gasteiger partial charge in [-0.05, 0) is 53.9 Å². The molecule has 0 aliphatic rings. The van der Waals surface area contributed by atoms with Crippen LogP contribution in [0.1, 0.15) is 40.9 Å². The third-order valence-electron chi connectivity index (χ3n) is 5.38. The third-order valence-corrected chi connectivity index (χ3v) is 5.64. The lowest BCUT2D eigenvalue weighted by Crippen LogP contribution is -2.28. The van der Waals surface area contributed by atoms with Crippen LogP contribution in [-0.4, -0.2) is 22.8 Å². The first kappa shape index (κ1) is 20.9. The molecule has 4 rings (SSSR count). The molecule has 0 bridgehead atoms. The van der Waals surface area contributed by atoms with Gasteiger partial charge < -0.3 is 10.1 Å². The number of nitrogens with zero attached hydrogens (tertiary/aromatic N) is 2. The van der Waals surface area contributed by atoms with Crippen molar-refractivity contribution in [1.29, 1.82) is 0 Å². The zero-order chi connectivity index (χ0) is 21.8. The van der Waals surface area contributed by atoms with E-state index in [9.17, 15) is 4.79 Å². The van der Waals surface area contributed by atoms with E-state index in [1.807, 2.05) is 77.6 Å². The van der Waals surface area contributed by atoms with Crippen molar-refractivity contribution in [1.82, 2.24) is 15.1 Å². The van der Waals surface area contributed by atoms with Gasteiger partial charge in [0.25, 0.3) is 5.91 Å². The second-order valence-corrected chi connectivity index (χ2v) is 7.85. The summed E-state index contributed by atoms with van der Waals surface area (Å²) in [6.45, 7) is 2.66. The Hall–Kier alpha value is -3.31. The van der Waals surface area contributed by atoms with Gasteiger partial charge in [-0.15, -0.1) is 0 Å². The Bertz CT molecular complexity index is 1180. The summed E-state index contributed by atoms with van der Waals surface area (Å²) in [5, 5.41) is 9.34. The van der Waals surface area contributed by atoms with E-state index in [1.54, 1.807) is 7.11 Å². The highest BCUT2D eigenvalue weighted by molar-refractivity contribution is 6.30. The summed E-state index contributed by atoms with van der Waals surface area (Å²) in [7, 11) is 1.64. The fourth-order valence-electron chi connectivity index (χ4n) is 3.60. The van der Waals surface area contributed by atoms with Crippen molar-refractivity contribution < 1.29 is 9.53 Å². The number of aromatic nitrogens is 2. The predicted molar refractivity (Wildman–Crippen MR) is 124 cm³/mol. The van der Waals surface area contributed by atoms with E-state index in [0.29, 0.717) is 17.1 Å². The van der Waals surface area contributed by atoms with Crippen LogP contribution in [0.25, 0.3) is 10.9 Å². The van der Waals surface area contributed by atoms with Crippen LogP contribution in [0.5, 0.6) is 5.75 Å². The molecule has 158 valence electrons. The van der Waals surface area contributed by atoms with Gasteiger partial charge >= 0.3 is 0 Å². The van der Waals surface area contributed by atoms with Crippen LogP contribution in [0.2, 0.25) is 5.02 Å². The van der Waals surface area contributed by atoms with E-state index >= 15 is 0 Å². The van der Waals surface area contributed by atoms with Gasteiger partial charge in [0.15, 0.2) is 0 Å². The highest BCUT2D eigenvalue weighted by Crippen LogP contribution is 2.22. The number of rotatable bonds is 7. The number of hydrogen-bond acceptors (Lipinski definition) is 3. The number of amides is 1. The van der Waals surface area contributed by atoms with Gasteiger partial charge in [-0.3, -0.25) is 9.48 Å². The Labute approximate surface area is 186 Å². The van der Waals surface area contributed by atoms with Crippen LogP contribution < -0.4 is 10.1 Å². The number of methoxy groups -OCH3 is 1. The number of benzene rings is 3. The molecule has 4 aromatic rings. The first-order valence-electron chi connectivity index (χ1n) is 10.2. The molecule has 6 heteroatoms. The van der Waals surface area contributed by atoms with Crippen molar-refractivity contribution >= 4 is 28.4 Å². The second-order valence-electron chi connectivity index (χ2n) is 7.41. The van der Waals surface area contributed by atoms with E-state index in [1.165, 1.54) is 0 Å². The maximum atomic E-state index is 13.0. The average molecular weight is 434 g/mol. The van der Waals surface area contributed by atoms with Crippen LogP contribution in [0, 0.1) is 0 Å². The minimum atomic E-state index is -0.108. The van der Waals surface area contributed by atoms with Gasteiger partial charge in [0, 0.05) is 16.0 Å². The maximum Gasteiger partial charge on any atom is 0.251 e. The van der Waals surface area contributed by atoms with Crippen molar-refractivity contribution in [2.24, 2.45) is 0 Å². The van der Waals surface area contributed by atoms with Crippen LogP contribution in [0.15, 0.2) is 72.9 Å². The fourth-order valence-corrected chi connectivity index (χ4v) is 3.73. The summed E-state index contributed by atoms with van der Waals surface area (Å²) >= 11 is 5.98. The van der Waals surface area contributed by atoms with Crippen LogP contribution >= 0.6 is 11.6 Å². The molecule has 0 aliphatic heterocycles. The highest BCUT2D eigenvalue weighted by Gasteiger charge is 2.16. The van der Waals surface area contributed by atoms with Crippen LogP contribution in [0.4, 0.5) is 0 Å². The molecule has 0 saturated carbocycles. The molecule has 0 radical (unpaired) electrons. The van der Waals surface area contributed by atoms with E-state index in [2.05, 4.69) is 17.3 Å². The molecule has 1 atom stereocenters. The van der Waals surface area contributed by atoms with Crippen molar-refractivity contribution in [2.45, 2.75) is 25.9 Å². The number of halogens is 1. The average Bonchev–Trinajstić information content (AvgIpc) is 3.21. The third kappa shape index (κ3) is 4.72. The zero-order valence-electron chi connectivity index (χ0n) is 17.5. The Balaban J connectivity index is 1.55. The Morgan fingerprint density at radius 1 is 1.10 bits per heavy atom. The van der Waals surface area contributed by atoms with Gasteiger partial charge in [-0.2, -0.15) is 5.10 Å². The highest BCUT2D eigenvalue weighted by atomic mass is 35.5. The summed E-state index contributed by atoms with van der Waals surface area (Å²) in [5.41, 5.74) is 3.66.